The molecule has 0 aliphatic carbocycles. The Bertz CT molecular complexity index is 924. The van der Waals surface area contributed by atoms with Crippen LogP contribution in [0.4, 0.5) is 26.0 Å². The normalized spacial score (nSPS) is 11.5. The number of thiol groups is 1. The molecule has 0 bridgehead atoms. The van der Waals surface area contributed by atoms with Gasteiger partial charge >= 0.3 is 0 Å². The first-order chi connectivity index (χ1) is 13.0. The lowest BCUT2D eigenvalue weighted by Crippen LogP contribution is -2.11. The van der Waals surface area contributed by atoms with E-state index < -0.39 is 11.6 Å². The molecule has 1 heterocycles. The lowest BCUT2D eigenvalue weighted by molar-refractivity contribution is 0.218. The Labute approximate surface area is 162 Å². The minimum atomic E-state index is -0.537. The molecule has 0 radical (unpaired) electrons. The standard InChI is InChI=1S/C18H18F2N4O.CH4S/c1-3-10(2)25-16-6-11(19)4-5-14(16)24-18-17-13(20)7-12(21)8-15(17)22-9-23-18;1-2/h4-10H,3,21H2,1-2H3,(H,22,23,24);2H,1H3/t10-;/m0./s1. The summed E-state index contributed by atoms with van der Waals surface area (Å²) < 4.78 is 33.7. The maximum atomic E-state index is 14.3. The maximum absolute atomic E-state index is 14.3. The van der Waals surface area contributed by atoms with Crippen molar-refractivity contribution in [2.24, 2.45) is 0 Å². The van der Waals surface area contributed by atoms with Gasteiger partial charge in [-0.15, -0.1) is 0 Å². The van der Waals surface area contributed by atoms with E-state index in [9.17, 15) is 8.78 Å². The van der Waals surface area contributed by atoms with Gasteiger partial charge in [-0.05, 0) is 43.9 Å². The van der Waals surface area contributed by atoms with Crippen LogP contribution in [-0.2, 0) is 0 Å². The number of fused-ring (bicyclic) bond motifs is 1. The Balaban J connectivity index is 0.00000126. The molecule has 1 atom stereocenters. The minimum Gasteiger partial charge on any atom is -0.488 e. The van der Waals surface area contributed by atoms with Crippen LogP contribution in [0.5, 0.6) is 5.75 Å². The Morgan fingerprint density at radius 3 is 2.63 bits per heavy atom. The molecule has 3 N–H and O–H groups in total. The molecular weight excluding hydrogens is 370 g/mol. The Hall–Kier alpha value is -2.61. The molecule has 0 fully saturated rings. The summed E-state index contributed by atoms with van der Waals surface area (Å²) in [6.45, 7) is 3.85. The summed E-state index contributed by atoms with van der Waals surface area (Å²) in [5.74, 6) is -0.375. The number of aromatic nitrogens is 2. The van der Waals surface area contributed by atoms with Crippen molar-refractivity contribution in [2.45, 2.75) is 26.4 Å². The van der Waals surface area contributed by atoms with Gasteiger partial charge in [-0.1, -0.05) is 6.92 Å². The molecule has 0 amide bonds. The van der Waals surface area contributed by atoms with E-state index in [2.05, 4.69) is 27.9 Å². The van der Waals surface area contributed by atoms with Gasteiger partial charge in [-0.25, -0.2) is 18.7 Å². The number of benzene rings is 2. The third-order valence-corrected chi connectivity index (χ3v) is 3.81. The second-order valence-corrected chi connectivity index (χ2v) is 5.72. The molecule has 144 valence electrons. The Kier molecular flexibility index (Phi) is 7.18. The minimum absolute atomic E-state index is 0.0963. The van der Waals surface area contributed by atoms with E-state index in [0.717, 1.165) is 6.42 Å². The van der Waals surface area contributed by atoms with Crippen molar-refractivity contribution in [3.05, 3.63) is 48.3 Å². The number of nitrogen functional groups attached to an aromatic ring is 1. The number of ether oxygens (including phenoxy) is 1. The number of hydrogen-bond acceptors (Lipinski definition) is 6. The van der Waals surface area contributed by atoms with Crippen LogP contribution in [0.25, 0.3) is 10.9 Å². The summed E-state index contributed by atoms with van der Waals surface area (Å²) in [4.78, 5) is 8.14. The van der Waals surface area contributed by atoms with Crippen LogP contribution in [0.2, 0.25) is 0 Å². The van der Waals surface area contributed by atoms with Crippen LogP contribution in [0.15, 0.2) is 36.7 Å². The lowest BCUT2D eigenvalue weighted by atomic mass is 10.2. The van der Waals surface area contributed by atoms with Crippen LogP contribution in [0.3, 0.4) is 0 Å². The number of nitrogens with one attached hydrogen (secondary N) is 1. The summed E-state index contributed by atoms with van der Waals surface area (Å²) in [5.41, 5.74) is 6.79. The van der Waals surface area contributed by atoms with Crippen molar-refractivity contribution >= 4 is 40.7 Å². The molecule has 8 heteroatoms. The highest BCUT2D eigenvalue weighted by atomic mass is 32.1. The molecule has 3 aromatic rings. The average molecular weight is 392 g/mol. The predicted molar refractivity (Wildman–Crippen MR) is 109 cm³/mol. The van der Waals surface area contributed by atoms with Gasteiger partial charge in [0.15, 0.2) is 0 Å². The van der Waals surface area contributed by atoms with E-state index in [1.165, 1.54) is 30.6 Å². The molecule has 2 aromatic carbocycles. The van der Waals surface area contributed by atoms with E-state index >= 15 is 0 Å². The first-order valence-corrected chi connectivity index (χ1v) is 9.25. The third-order valence-electron chi connectivity index (χ3n) is 3.81. The van der Waals surface area contributed by atoms with Gasteiger partial charge in [0.05, 0.1) is 22.7 Å². The number of nitrogens with zero attached hydrogens (tertiary/aromatic N) is 2. The van der Waals surface area contributed by atoms with Crippen molar-refractivity contribution in [3.8, 4) is 5.75 Å². The largest absolute Gasteiger partial charge is 0.488 e. The van der Waals surface area contributed by atoms with Crippen LogP contribution >= 0.6 is 12.6 Å². The van der Waals surface area contributed by atoms with Gasteiger partial charge in [0.1, 0.15) is 29.5 Å². The molecule has 0 saturated carbocycles. The van der Waals surface area contributed by atoms with Gasteiger partial charge in [0.25, 0.3) is 0 Å². The second kappa shape index (κ2) is 9.36. The summed E-state index contributed by atoms with van der Waals surface area (Å²) in [6, 6.07) is 6.87. The van der Waals surface area contributed by atoms with Crippen molar-refractivity contribution in [3.63, 3.8) is 0 Å². The first kappa shape index (κ1) is 20.7. The smallest absolute Gasteiger partial charge is 0.146 e. The molecule has 0 saturated heterocycles. The van der Waals surface area contributed by atoms with E-state index in [1.807, 2.05) is 13.8 Å². The maximum Gasteiger partial charge on any atom is 0.146 e. The zero-order valence-electron chi connectivity index (χ0n) is 15.3. The second-order valence-electron chi connectivity index (χ2n) is 5.72. The topological polar surface area (TPSA) is 73.1 Å². The zero-order valence-corrected chi connectivity index (χ0v) is 16.2. The fraction of sp³-hybridized carbons (Fsp3) is 0.263. The molecule has 1 aromatic heterocycles. The number of anilines is 3. The van der Waals surface area contributed by atoms with E-state index in [0.29, 0.717) is 17.0 Å². The van der Waals surface area contributed by atoms with Crippen molar-refractivity contribution in [1.29, 1.82) is 0 Å². The monoisotopic (exact) mass is 392 g/mol. The molecule has 0 aliphatic heterocycles. The Morgan fingerprint density at radius 2 is 1.93 bits per heavy atom. The number of hydrogen-bond donors (Lipinski definition) is 3. The van der Waals surface area contributed by atoms with Gasteiger partial charge in [-0.3, -0.25) is 0 Å². The summed E-state index contributed by atoms with van der Waals surface area (Å²) >= 11 is 3.53. The molecule has 0 spiro atoms. The highest BCUT2D eigenvalue weighted by Crippen LogP contribution is 2.32. The molecule has 5 nitrogen and oxygen atoms in total. The van der Waals surface area contributed by atoms with Crippen LogP contribution < -0.4 is 15.8 Å². The highest BCUT2D eigenvalue weighted by molar-refractivity contribution is 7.79. The number of nitrogens with two attached hydrogens (primary N) is 1. The van der Waals surface area contributed by atoms with Gasteiger partial charge in [0, 0.05) is 11.8 Å². The van der Waals surface area contributed by atoms with Crippen molar-refractivity contribution < 1.29 is 13.5 Å². The fourth-order valence-corrected chi connectivity index (χ4v) is 2.38. The van der Waals surface area contributed by atoms with Crippen LogP contribution in [0, 0.1) is 11.6 Å². The summed E-state index contributed by atoms with van der Waals surface area (Å²) in [6.07, 6.45) is 3.67. The fourth-order valence-electron chi connectivity index (χ4n) is 2.38. The number of rotatable bonds is 5. The first-order valence-electron chi connectivity index (χ1n) is 8.35. The summed E-state index contributed by atoms with van der Waals surface area (Å²) in [5, 5.41) is 3.21. The third kappa shape index (κ3) is 4.97. The Morgan fingerprint density at radius 1 is 1.19 bits per heavy atom. The lowest BCUT2D eigenvalue weighted by Gasteiger charge is -2.17. The van der Waals surface area contributed by atoms with Gasteiger partial charge in [0.2, 0.25) is 0 Å². The van der Waals surface area contributed by atoms with Gasteiger partial charge in [-0.2, -0.15) is 12.6 Å². The molecule has 3 rings (SSSR count). The van der Waals surface area contributed by atoms with Crippen molar-refractivity contribution in [1.82, 2.24) is 9.97 Å². The van der Waals surface area contributed by atoms with E-state index in [1.54, 1.807) is 12.3 Å². The molecule has 0 unspecified atom stereocenters. The predicted octanol–water partition coefficient (Wildman–Crippen LogP) is 4.96. The zero-order chi connectivity index (χ0) is 20.0. The molecule has 27 heavy (non-hydrogen) atoms. The van der Waals surface area contributed by atoms with E-state index in [4.69, 9.17) is 10.5 Å². The summed E-state index contributed by atoms with van der Waals surface area (Å²) in [7, 11) is 0. The van der Waals surface area contributed by atoms with Crippen molar-refractivity contribution in [2.75, 3.05) is 17.3 Å². The van der Waals surface area contributed by atoms with E-state index in [-0.39, 0.29) is 23.0 Å². The molecule has 0 aliphatic rings. The van der Waals surface area contributed by atoms with Crippen LogP contribution in [-0.4, -0.2) is 22.3 Å². The average Bonchev–Trinajstić information content (AvgIpc) is 2.65. The van der Waals surface area contributed by atoms with Crippen LogP contribution in [0.1, 0.15) is 20.3 Å². The highest BCUT2D eigenvalue weighted by Gasteiger charge is 2.14. The molecular formula is C19H22F2N4OS. The number of halogens is 2. The quantitative estimate of drug-likeness (QED) is 0.423. The van der Waals surface area contributed by atoms with Gasteiger partial charge < -0.3 is 15.8 Å². The SMILES string of the molecule is CC[C@H](C)Oc1cc(F)ccc1Nc1ncnc2cc(N)cc(F)c12.CS.